The van der Waals surface area contributed by atoms with Gasteiger partial charge in [0.05, 0.1) is 12.8 Å². The Morgan fingerprint density at radius 1 is 1.17 bits per heavy atom. The first kappa shape index (κ1) is 16.8. The lowest BCUT2D eigenvalue weighted by molar-refractivity contribution is 0.162. The van der Waals surface area contributed by atoms with E-state index in [9.17, 15) is 5.11 Å². The van der Waals surface area contributed by atoms with Gasteiger partial charge in [-0.3, -0.25) is 4.98 Å². The van der Waals surface area contributed by atoms with E-state index in [2.05, 4.69) is 20.6 Å². The Kier molecular flexibility index (Phi) is 5.74. The first-order valence-corrected chi connectivity index (χ1v) is 8.35. The van der Waals surface area contributed by atoms with E-state index in [0.29, 0.717) is 24.2 Å². The second-order valence-electron chi connectivity index (χ2n) is 6.01. The standard InChI is InChI=1S/C18H24N4O2/c1-24-18-5-3-14(11-22-18)13-2-4-16(21-10-13)17(23)12-20-15-6-8-19-9-7-15/h2-5,10-11,15,17,19-20,23H,6-9,12H2,1H3. The van der Waals surface area contributed by atoms with Crippen molar-refractivity contribution in [3.05, 3.63) is 42.4 Å². The van der Waals surface area contributed by atoms with Gasteiger partial charge in [0.15, 0.2) is 0 Å². The maximum Gasteiger partial charge on any atom is 0.212 e. The number of piperidine rings is 1. The van der Waals surface area contributed by atoms with Crippen LogP contribution in [-0.4, -0.2) is 47.9 Å². The molecule has 1 atom stereocenters. The summed E-state index contributed by atoms with van der Waals surface area (Å²) in [6.07, 6.45) is 5.13. The summed E-state index contributed by atoms with van der Waals surface area (Å²) in [5, 5.41) is 17.1. The third kappa shape index (κ3) is 4.29. The van der Waals surface area contributed by atoms with Gasteiger partial charge in [0.25, 0.3) is 0 Å². The Balaban J connectivity index is 1.58. The molecule has 6 heteroatoms. The molecule has 0 aliphatic carbocycles. The van der Waals surface area contributed by atoms with Crippen LogP contribution in [0.1, 0.15) is 24.6 Å². The summed E-state index contributed by atoms with van der Waals surface area (Å²) < 4.78 is 5.06. The van der Waals surface area contributed by atoms with E-state index in [0.717, 1.165) is 37.1 Å². The van der Waals surface area contributed by atoms with Crippen LogP contribution >= 0.6 is 0 Å². The van der Waals surface area contributed by atoms with E-state index < -0.39 is 6.10 Å². The molecule has 0 aromatic carbocycles. The van der Waals surface area contributed by atoms with Crippen molar-refractivity contribution in [1.29, 1.82) is 0 Å². The summed E-state index contributed by atoms with van der Waals surface area (Å²) >= 11 is 0. The highest BCUT2D eigenvalue weighted by molar-refractivity contribution is 5.61. The molecule has 3 N–H and O–H groups in total. The lowest BCUT2D eigenvalue weighted by Gasteiger charge is -2.24. The average Bonchev–Trinajstić information content (AvgIpc) is 2.67. The zero-order chi connectivity index (χ0) is 16.8. The lowest BCUT2D eigenvalue weighted by Crippen LogP contribution is -2.41. The van der Waals surface area contributed by atoms with E-state index >= 15 is 0 Å². The molecule has 2 aromatic heterocycles. The molecule has 128 valence electrons. The topological polar surface area (TPSA) is 79.3 Å². The monoisotopic (exact) mass is 328 g/mol. The third-order valence-corrected chi connectivity index (χ3v) is 4.35. The van der Waals surface area contributed by atoms with Gasteiger partial charge in [0.1, 0.15) is 6.10 Å². The van der Waals surface area contributed by atoms with Crippen molar-refractivity contribution < 1.29 is 9.84 Å². The predicted molar refractivity (Wildman–Crippen MR) is 92.9 cm³/mol. The Bertz CT molecular complexity index is 624. The number of ether oxygens (including phenoxy) is 1. The summed E-state index contributed by atoms with van der Waals surface area (Å²) in [6, 6.07) is 8.07. The number of rotatable bonds is 6. The average molecular weight is 328 g/mol. The molecule has 0 radical (unpaired) electrons. The fraction of sp³-hybridized carbons (Fsp3) is 0.444. The van der Waals surface area contributed by atoms with Crippen molar-refractivity contribution in [3.63, 3.8) is 0 Å². The molecule has 1 saturated heterocycles. The molecule has 0 spiro atoms. The summed E-state index contributed by atoms with van der Waals surface area (Å²) in [4.78, 5) is 8.60. The molecule has 0 bridgehead atoms. The molecule has 0 amide bonds. The SMILES string of the molecule is COc1ccc(-c2ccc(C(O)CNC3CCNCC3)nc2)cn1. The molecule has 2 aromatic rings. The molecule has 1 aliphatic rings. The molecule has 3 rings (SSSR count). The normalized spacial score (nSPS) is 16.8. The number of methoxy groups -OCH3 is 1. The number of hydrogen-bond donors (Lipinski definition) is 3. The highest BCUT2D eigenvalue weighted by Gasteiger charge is 2.15. The molecule has 1 unspecified atom stereocenters. The molecule has 0 saturated carbocycles. The van der Waals surface area contributed by atoms with Crippen LogP contribution in [0.2, 0.25) is 0 Å². The minimum Gasteiger partial charge on any atom is -0.481 e. The van der Waals surface area contributed by atoms with Crippen LogP contribution in [0, 0.1) is 0 Å². The molecule has 1 fully saturated rings. The number of hydrogen-bond acceptors (Lipinski definition) is 6. The summed E-state index contributed by atoms with van der Waals surface area (Å²) in [7, 11) is 1.59. The minimum atomic E-state index is -0.595. The first-order chi connectivity index (χ1) is 11.8. The van der Waals surface area contributed by atoms with Crippen LogP contribution < -0.4 is 15.4 Å². The van der Waals surface area contributed by atoms with Gasteiger partial charge in [-0.1, -0.05) is 6.07 Å². The Morgan fingerprint density at radius 2 is 1.88 bits per heavy atom. The highest BCUT2D eigenvalue weighted by atomic mass is 16.5. The quantitative estimate of drug-likeness (QED) is 0.746. The number of nitrogens with zero attached hydrogens (tertiary/aromatic N) is 2. The van der Waals surface area contributed by atoms with Gasteiger partial charge < -0.3 is 20.5 Å². The van der Waals surface area contributed by atoms with E-state index in [1.54, 1.807) is 19.5 Å². The highest BCUT2D eigenvalue weighted by Crippen LogP contribution is 2.21. The molecule has 3 heterocycles. The molecule has 1 aliphatic heterocycles. The van der Waals surface area contributed by atoms with Crippen molar-refractivity contribution >= 4 is 0 Å². The van der Waals surface area contributed by atoms with Gasteiger partial charge in [-0.2, -0.15) is 0 Å². The fourth-order valence-corrected chi connectivity index (χ4v) is 2.85. The molecule has 6 nitrogen and oxygen atoms in total. The maximum absolute atomic E-state index is 10.3. The first-order valence-electron chi connectivity index (χ1n) is 8.35. The molecule has 24 heavy (non-hydrogen) atoms. The maximum atomic E-state index is 10.3. The van der Waals surface area contributed by atoms with Crippen molar-refractivity contribution in [2.24, 2.45) is 0 Å². The number of pyridine rings is 2. The molecular formula is C18H24N4O2. The van der Waals surface area contributed by atoms with Crippen LogP contribution in [0.4, 0.5) is 0 Å². The van der Waals surface area contributed by atoms with Crippen molar-refractivity contribution in [1.82, 2.24) is 20.6 Å². The van der Waals surface area contributed by atoms with E-state index in [-0.39, 0.29) is 0 Å². The van der Waals surface area contributed by atoms with Gasteiger partial charge >= 0.3 is 0 Å². The van der Waals surface area contributed by atoms with E-state index in [1.165, 1.54) is 0 Å². The number of nitrogens with one attached hydrogen (secondary N) is 2. The van der Waals surface area contributed by atoms with E-state index in [4.69, 9.17) is 4.74 Å². The predicted octanol–water partition coefficient (Wildman–Crippen LogP) is 1.53. The Hall–Kier alpha value is -2.02. The lowest BCUT2D eigenvalue weighted by atomic mass is 10.1. The Labute approximate surface area is 142 Å². The summed E-state index contributed by atoms with van der Waals surface area (Å²) in [6.45, 7) is 2.61. The second-order valence-corrected chi connectivity index (χ2v) is 6.01. The van der Waals surface area contributed by atoms with Crippen LogP contribution in [0.5, 0.6) is 5.88 Å². The van der Waals surface area contributed by atoms with Gasteiger partial charge in [0.2, 0.25) is 5.88 Å². The van der Waals surface area contributed by atoms with Crippen molar-refractivity contribution in [3.8, 4) is 17.0 Å². The number of aliphatic hydroxyl groups excluding tert-OH is 1. The van der Waals surface area contributed by atoms with Crippen molar-refractivity contribution in [2.45, 2.75) is 25.0 Å². The summed E-state index contributed by atoms with van der Waals surface area (Å²) in [5.74, 6) is 0.586. The Morgan fingerprint density at radius 3 is 2.46 bits per heavy atom. The van der Waals surface area contributed by atoms with E-state index in [1.807, 2.05) is 24.3 Å². The van der Waals surface area contributed by atoms with Crippen LogP contribution in [-0.2, 0) is 0 Å². The van der Waals surface area contributed by atoms with Crippen LogP contribution in [0.15, 0.2) is 36.7 Å². The smallest absolute Gasteiger partial charge is 0.212 e. The molecular weight excluding hydrogens is 304 g/mol. The summed E-state index contributed by atoms with van der Waals surface area (Å²) in [5.41, 5.74) is 2.62. The zero-order valence-electron chi connectivity index (χ0n) is 13.9. The largest absolute Gasteiger partial charge is 0.481 e. The second kappa shape index (κ2) is 8.19. The van der Waals surface area contributed by atoms with Crippen LogP contribution in [0.3, 0.4) is 0 Å². The zero-order valence-corrected chi connectivity index (χ0v) is 13.9. The number of aliphatic hydroxyl groups is 1. The van der Waals surface area contributed by atoms with Crippen LogP contribution in [0.25, 0.3) is 11.1 Å². The van der Waals surface area contributed by atoms with Crippen molar-refractivity contribution in [2.75, 3.05) is 26.7 Å². The van der Waals surface area contributed by atoms with Gasteiger partial charge in [-0.25, -0.2) is 4.98 Å². The van der Waals surface area contributed by atoms with Gasteiger partial charge in [0, 0.05) is 42.2 Å². The van der Waals surface area contributed by atoms with Gasteiger partial charge in [-0.15, -0.1) is 0 Å². The fourth-order valence-electron chi connectivity index (χ4n) is 2.85. The van der Waals surface area contributed by atoms with Gasteiger partial charge in [-0.05, 0) is 38.1 Å². The minimum absolute atomic E-state index is 0.477. The number of aromatic nitrogens is 2. The third-order valence-electron chi connectivity index (χ3n) is 4.35.